The second-order valence-electron chi connectivity index (χ2n) is 5.16. The van der Waals surface area contributed by atoms with Crippen molar-refractivity contribution in [1.29, 1.82) is 0 Å². The van der Waals surface area contributed by atoms with Gasteiger partial charge in [0.15, 0.2) is 5.65 Å². The van der Waals surface area contributed by atoms with Crippen LogP contribution in [-0.2, 0) is 13.0 Å². The number of alkyl halides is 1. The first-order valence-corrected chi connectivity index (χ1v) is 7.50. The maximum atomic E-state index is 5.92. The number of hydrogen-bond acceptors (Lipinski definition) is 3. The molecule has 108 valence electrons. The molecule has 0 saturated heterocycles. The van der Waals surface area contributed by atoms with Gasteiger partial charge in [-0.15, -0.1) is 11.6 Å². The number of halogens is 1. The maximum absolute atomic E-state index is 5.92. The minimum atomic E-state index is 0.550. The summed E-state index contributed by atoms with van der Waals surface area (Å²) in [7, 11) is 0. The van der Waals surface area contributed by atoms with Crippen molar-refractivity contribution in [3.05, 3.63) is 53.2 Å². The molecule has 4 nitrogen and oxygen atoms in total. The predicted molar refractivity (Wildman–Crippen MR) is 84.8 cm³/mol. The first-order valence-electron chi connectivity index (χ1n) is 6.97. The molecule has 5 heteroatoms. The Balaban J connectivity index is 2.13. The Morgan fingerprint density at radius 3 is 2.71 bits per heavy atom. The number of fused-ring (bicyclic) bond motifs is 1. The normalized spacial score (nSPS) is 11.2. The summed E-state index contributed by atoms with van der Waals surface area (Å²) in [4.78, 5) is 13.5. The summed E-state index contributed by atoms with van der Waals surface area (Å²) in [6, 6.07) is 4.01. The van der Waals surface area contributed by atoms with Gasteiger partial charge in [0.1, 0.15) is 11.3 Å². The molecule has 0 unspecified atom stereocenters. The zero-order chi connectivity index (χ0) is 14.8. The highest BCUT2D eigenvalue weighted by Crippen LogP contribution is 2.20. The predicted octanol–water partition coefficient (Wildman–Crippen LogP) is 3.27. The van der Waals surface area contributed by atoms with E-state index in [9.17, 15) is 0 Å². The van der Waals surface area contributed by atoms with Crippen molar-refractivity contribution in [1.82, 2.24) is 19.5 Å². The topological polar surface area (TPSA) is 43.6 Å². The van der Waals surface area contributed by atoms with E-state index in [2.05, 4.69) is 28.4 Å². The van der Waals surface area contributed by atoms with E-state index < -0.39 is 0 Å². The van der Waals surface area contributed by atoms with Crippen molar-refractivity contribution in [2.24, 2.45) is 0 Å². The van der Waals surface area contributed by atoms with Gasteiger partial charge < -0.3 is 4.57 Å². The molecule has 3 heterocycles. The highest BCUT2D eigenvalue weighted by atomic mass is 35.5. The van der Waals surface area contributed by atoms with E-state index in [1.807, 2.05) is 30.7 Å². The highest BCUT2D eigenvalue weighted by molar-refractivity contribution is 6.17. The van der Waals surface area contributed by atoms with Crippen LogP contribution < -0.4 is 0 Å². The zero-order valence-corrected chi connectivity index (χ0v) is 12.9. The summed E-state index contributed by atoms with van der Waals surface area (Å²) in [5.74, 6) is 1.53. The van der Waals surface area contributed by atoms with Crippen LogP contribution in [0.25, 0.3) is 11.2 Å². The van der Waals surface area contributed by atoms with Crippen molar-refractivity contribution in [3.8, 4) is 0 Å². The summed E-state index contributed by atoms with van der Waals surface area (Å²) in [5, 5.41) is 0. The standard InChI is InChI=1S/C16H17ClN4/c1-11-4-7-18-9-13(11)10-21-14(3-6-17)20-15-12(2)5-8-19-16(15)21/h4-5,7-9H,3,6,10H2,1-2H3. The Hall–Kier alpha value is -1.94. The molecule has 0 bridgehead atoms. The molecule has 3 rings (SSSR count). The third kappa shape index (κ3) is 2.63. The van der Waals surface area contributed by atoms with E-state index in [0.717, 1.165) is 35.5 Å². The van der Waals surface area contributed by atoms with Crippen molar-refractivity contribution in [2.45, 2.75) is 26.8 Å². The van der Waals surface area contributed by atoms with Crippen LogP contribution in [0.15, 0.2) is 30.7 Å². The van der Waals surface area contributed by atoms with Gasteiger partial charge in [-0.3, -0.25) is 4.98 Å². The van der Waals surface area contributed by atoms with Crippen LogP contribution in [0.3, 0.4) is 0 Å². The van der Waals surface area contributed by atoms with Gasteiger partial charge in [0.2, 0.25) is 0 Å². The second-order valence-corrected chi connectivity index (χ2v) is 5.53. The molecule has 0 aromatic carbocycles. The van der Waals surface area contributed by atoms with Gasteiger partial charge in [-0.1, -0.05) is 0 Å². The molecule has 21 heavy (non-hydrogen) atoms. The van der Waals surface area contributed by atoms with Gasteiger partial charge in [-0.2, -0.15) is 0 Å². The molecular weight excluding hydrogens is 284 g/mol. The Labute approximate surface area is 128 Å². The van der Waals surface area contributed by atoms with E-state index in [1.165, 1.54) is 11.1 Å². The summed E-state index contributed by atoms with van der Waals surface area (Å²) in [6.45, 7) is 4.87. The Kier molecular flexibility index (Phi) is 3.88. The van der Waals surface area contributed by atoms with Crippen molar-refractivity contribution in [2.75, 3.05) is 5.88 Å². The second kappa shape index (κ2) is 5.82. The molecule has 0 saturated carbocycles. The molecule has 0 fully saturated rings. The lowest BCUT2D eigenvalue weighted by molar-refractivity contribution is 0.741. The van der Waals surface area contributed by atoms with Crippen molar-refractivity contribution < 1.29 is 0 Å². The monoisotopic (exact) mass is 300 g/mol. The van der Waals surface area contributed by atoms with E-state index in [4.69, 9.17) is 16.6 Å². The molecule has 0 aliphatic carbocycles. The fourth-order valence-corrected chi connectivity index (χ4v) is 2.63. The highest BCUT2D eigenvalue weighted by Gasteiger charge is 2.14. The maximum Gasteiger partial charge on any atom is 0.160 e. The number of aromatic nitrogens is 4. The van der Waals surface area contributed by atoms with Crippen LogP contribution in [-0.4, -0.2) is 25.4 Å². The van der Waals surface area contributed by atoms with Crippen LogP contribution in [0, 0.1) is 13.8 Å². The molecule has 3 aromatic heterocycles. The summed E-state index contributed by atoms with van der Waals surface area (Å²) < 4.78 is 2.15. The largest absolute Gasteiger partial charge is 0.308 e. The quantitative estimate of drug-likeness (QED) is 0.695. The first kappa shape index (κ1) is 14.0. The molecule has 0 aliphatic rings. The van der Waals surface area contributed by atoms with Gasteiger partial charge in [0.25, 0.3) is 0 Å². The van der Waals surface area contributed by atoms with E-state index in [-0.39, 0.29) is 0 Å². The van der Waals surface area contributed by atoms with Crippen LogP contribution in [0.2, 0.25) is 0 Å². The van der Waals surface area contributed by atoms with Crippen LogP contribution in [0.4, 0.5) is 0 Å². The van der Waals surface area contributed by atoms with Gasteiger partial charge >= 0.3 is 0 Å². The number of pyridine rings is 2. The smallest absolute Gasteiger partial charge is 0.160 e. The van der Waals surface area contributed by atoms with Crippen LogP contribution in [0.5, 0.6) is 0 Å². The van der Waals surface area contributed by atoms with Crippen molar-refractivity contribution >= 4 is 22.8 Å². The fraction of sp³-hybridized carbons (Fsp3) is 0.312. The molecule has 0 radical (unpaired) electrons. The number of aryl methyl sites for hydroxylation is 3. The molecule has 0 N–H and O–H groups in total. The first-order chi connectivity index (χ1) is 10.2. The lowest BCUT2D eigenvalue weighted by Gasteiger charge is -2.10. The SMILES string of the molecule is Cc1ccncc1Cn1c(CCCl)nc2c(C)ccnc21. The fourth-order valence-electron chi connectivity index (χ4n) is 2.46. The summed E-state index contributed by atoms with van der Waals surface area (Å²) in [6.07, 6.45) is 6.28. The molecule has 0 aliphatic heterocycles. The molecule has 3 aromatic rings. The number of hydrogen-bond donors (Lipinski definition) is 0. The molecule has 0 spiro atoms. The average Bonchev–Trinajstić information content (AvgIpc) is 2.82. The van der Waals surface area contributed by atoms with E-state index in [0.29, 0.717) is 5.88 Å². The zero-order valence-electron chi connectivity index (χ0n) is 12.2. The van der Waals surface area contributed by atoms with Gasteiger partial charge in [0.05, 0.1) is 6.54 Å². The Morgan fingerprint density at radius 1 is 1.14 bits per heavy atom. The number of nitrogens with zero attached hydrogens (tertiary/aromatic N) is 4. The molecular formula is C16H17ClN4. The van der Waals surface area contributed by atoms with Crippen LogP contribution >= 0.6 is 11.6 Å². The van der Waals surface area contributed by atoms with E-state index in [1.54, 1.807) is 0 Å². The van der Waals surface area contributed by atoms with Gasteiger partial charge in [0, 0.05) is 30.9 Å². The summed E-state index contributed by atoms with van der Waals surface area (Å²) >= 11 is 5.92. The van der Waals surface area contributed by atoms with Gasteiger partial charge in [-0.05, 0) is 42.7 Å². The molecule has 0 atom stereocenters. The minimum Gasteiger partial charge on any atom is -0.308 e. The van der Waals surface area contributed by atoms with Gasteiger partial charge in [-0.25, -0.2) is 9.97 Å². The third-order valence-electron chi connectivity index (χ3n) is 3.71. The molecule has 0 amide bonds. The minimum absolute atomic E-state index is 0.550. The third-order valence-corrected chi connectivity index (χ3v) is 3.90. The lowest BCUT2D eigenvalue weighted by atomic mass is 10.1. The lowest BCUT2D eigenvalue weighted by Crippen LogP contribution is -2.08. The summed E-state index contributed by atoms with van der Waals surface area (Å²) in [5.41, 5.74) is 5.40. The average molecular weight is 301 g/mol. The van der Waals surface area contributed by atoms with Crippen molar-refractivity contribution in [3.63, 3.8) is 0 Å². The Bertz CT molecular complexity index is 779. The number of rotatable bonds is 4. The van der Waals surface area contributed by atoms with Crippen LogP contribution in [0.1, 0.15) is 22.5 Å². The number of imidazole rings is 1. The van der Waals surface area contributed by atoms with E-state index >= 15 is 0 Å². The Morgan fingerprint density at radius 2 is 1.95 bits per heavy atom.